The van der Waals surface area contributed by atoms with Crippen LogP contribution in [0.15, 0.2) is 24.3 Å². The van der Waals surface area contributed by atoms with Crippen LogP contribution in [0.3, 0.4) is 0 Å². The number of aliphatic hydroxyl groups is 1. The van der Waals surface area contributed by atoms with Crippen molar-refractivity contribution in [3.05, 3.63) is 29.8 Å². The van der Waals surface area contributed by atoms with Crippen LogP contribution in [0.4, 0.5) is 0 Å². The smallest absolute Gasteiger partial charge is 0.253 e. The highest BCUT2D eigenvalue weighted by molar-refractivity contribution is 5.94. The molecule has 2 N–H and O–H groups in total. The Morgan fingerprint density at radius 1 is 1.53 bits per heavy atom. The summed E-state index contributed by atoms with van der Waals surface area (Å²) < 4.78 is 0. The number of carbonyl (C=O) groups excluding carboxylic acids is 1. The van der Waals surface area contributed by atoms with Crippen LogP contribution in [0.1, 0.15) is 23.7 Å². The quantitative estimate of drug-likeness (QED) is 0.810. The van der Waals surface area contributed by atoms with Crippen molar-refractivity contribution >= 4 is 5.91 Å². The highest BCUT2D eigenvalue weighted by Gasteiger charge is 2.29. The fourth-order valence-electron chi connectivity index (χ4n) is 2.19. The van der Waals surface area contributed by atoms with Crippen molar-refractivity contribution in [2.45, 2.75) is 19.4 Å². The van der Waals surface area contributed by atoms with Gasteiger partial charge >= 0.3 is 0 Å². The van der Waals surface area contributed by atoms with Crippen molar-refractivity contribution in [2.75, 3.05) is 13.1 Å². The van der Waals surface area contributed by atoms with Crippen LogP contribution < -0.4 is 0 Å². The summed E-state index contributed by atoms with van der Waals surface area (Å²) in [5.41, 5.74) is 0.497. The molecule has 1 fully saturated rings. The second-order valence-electron chi connectivity index (χ2n) is 4.59. The third kappa shape index (κ3) is 2.58. The van der Waals surface area contributed by atoms with E-state index in [2.05, 4.69) is 0 Å². The van der Waals surface area contributed by atoms with E-state index >= 15 is 0 Å². The molecule has 0 spiro atoms. The van der Waals surface area contributed by atoms with Gasteiger partial charge in [-0.05, 0) is 31.5 Å². The van der Waals surface area contributed by atoms with E-state index in [0.717, 1.165) is 6.42 Å². The summed E-state index contributed by atoms with van der Waals surface area (Å²) in [6.07, 6.45) is 0.458. The van der Waals surface area contributed by atoms with Gasteiger partial charge in [-0.25, -0.2) is 0 Å². The van der Waals surface area contributed by atoms with E-state index in [1.165, 1.54) is 6.07 Å². The Morgan fingerprint density at radius 2 is 2.29 bits per heavy atom. The topological polar surface area (TPSA) is 60.8 Å². The minimum Gasteiger partial charge on any atom is -0.508 e. The lowest BCUT2D eigenvalue weighted by molar-refractivity contribution is 0.0762. The van der Waals surface area contributed by atoms with Gasteiger partial charge in [-0.1, -0.05) is 6.07 Å². The number of nitrogens with zero attached hydrogens (tertiary/aromatic N) is 1. The number of aliphatic hydroxyl groups excluding tert-OH is 1. The summed E-state index contributed by atoms with van der Waals surface area (Å²) in [7, 11) is 0. The number of hydrogen-bond acceptors (Lipinski definition) is 3. The highest BCUT2D eigenvalue weighted by Crippen LogP contribution is 2.22. The Hall–Kier alpha value is -1.55. The number of benzene rings is 1. The molecule has 0 bridgehead atoms. The first-order chi connectivity index (χ1) is 8.08. The second-order valence-corrected chi connectivity index (χ2v) is 4.59. The van der Waals surface area contributed by atoms with E-state index in [0.29, 0.717) is 18.7 Å². The maximum Gasteiger partial charge on any atom is 0.253 e. The molecule has 92 valence electrons. The molecule has 17 heavy (non-hydrogen) atoms. The number of phenolic OH excluding ortho intramolecular Hbond substituents is 1. The van der Waals surface area contributed by atoms with Gasteiger partial charge in [0.05, 0.1) is 6.10 Å². The number of hydrogen-bond donors (Lipinski definition) is 2. The fourth-order valence-corrected chi connectivity index (χ4v) is 2.19. The molecule has 2 unspecified atom stereocenters. The highest BCUT2D eigenvalue weighted by atomic mass is 16.3. The zero-order chi connectivity index (χ0) is 12.4. The Labute approximate surface area is 100 Å². The van der Waals surface area contributed by atoms with Crippen molar-refractivity contribution in [1.82, 2.24) is 4.90 Å². The van der Waals surface area contributed by atoms with Gasteiger partial charge in [-0.2, -0.15) is 0 Å². The largest absolute Gasteiger partial charge is 0.508 e. The van der Waals surface area contributed by atoms with Crippen molar-refractivity contribution in [2.24, 2.45) is 5.92 Å². The van der Waals surface area contributed by atoms with Crippen LogP contribution in [-0.4, -0.2) is 40.2 Å². The number of aromatic hydroxyl groups is 1. The lowest BCUT2D eigenvalue weighted by atomic mass is 10.0. The van der Waals surface area contributed by atoms with E-state index in [1.807, 2.05) is 0 Å². The first-order valence-electron chi connectivity index (χ1n) is 5.84. The molecule has 1 saturated heterocycles. The molecule has 1 aliphatic heterocycles. The molecule has 1 aromatic rings. The first-order valence-corrected chi connectivity index (χ1v) is 5.84. The van der Waals surface area contributed by atoms with Crippen LogP contribution in [0.5, 0.6) is 5.75 Å². The SMILES string of the molecule is CC(O)C1CCN(C(=O)c2cccc(O)c2)C1. The monoisotopic (exact) mass is 235 g/mol. The molecule has 0 radical (unpaired) electrons. The van der Waals surface area contributed by atoms with Crippen molar-refractivity contribution in [3.8, 4) is 5.75 Å². The predicted octanol–water partition coefficient (Wildman–Crippen LogP) is 1.24. The van der Waals surface area contributed by atoms with Crippen LogP contribution in [-0.2, 0) is 0 Å². The van der Waals surface area contributed by atoms with Crippen LogP contribution in [0.25, 0.3) is 0 Å². The summed E-state index contributed by atoms with van der Waals surface area (Å²) in [4.78, 5) is 13.8. The zero-order valence-corrected chi connectivity index (χ0v) is 9.84. The summed E-state index contributed by atoms with van der Waals surface area (Å²) in [5, 5.41) is 18.8. The average Bonchev–Trinajstić information content (AvgIpc) is 2.77. The third-order valence-corrected chi connectivity index (χ3v) is 3.29. The van der Waals surface area contributed by atoms with E-state index in [4.69, 9.17) is 0 Å². The number of rotatable bonds is 2. The Morgan fingerprint density at radius 3 is 2.88 bits per heavy atom. The summed E-state index contributed by atoms with van der Waals surface area (Å²) in [5.74, 6) is 0.183. The second kappa shape index (κ2) is 4.75. The lowest BCUT2D eigenvalue weighted by Gasteiger charge is -2.17. The first kappa shape index (κ1) is 11.9. The maximum atomic E-state index is 12.1. The van der Waals surface area contributed by atoms with Crippen LogP contribution in [0.2, 0.25) is 0 Å². The molecule has 1 aliphatic rings. The minimum absolute atomic E-state index is 0.0796. The average molecular weight is 235 g/mol. The zero-order valence-electron chi connectivity index (χ0n) is 9.84. The van der Waals surface area contributed by atoms with E-state index < -0.39 is 0 Å². The Balaban J connectivity index is 2.07. The van der Waals surface area contributed by atoms with Gasteiger partial charge in [-0.3, -0.25) is 4.79 Å². The van der Waals surface area contributed by atoms with Gasteiger partial charge in [0.2, 0.25) is 0 Å². The summed E-state index contributed by atoms with van der Waals surface area (Å²) in [6, 6.07) is 6.36. The van der Waals surface area contributed by atoms with Crippen molar-refractivity contribution < 1.29 is 15.0 Å². The van der Waals surface area contributed by atoms with Crippen molar-refractivity contribution in [3.63, 3.8) is 0 Å². The van der Waals surface area contributed by atoms with Crippen LogP contribution in [0, 0.1) is 5.92 Å². The lowest BCUT2D eigenvalue weighted by Crippen LogP contribution is -2.30. The molecular formula is C13H17NO3. The molecule has 2 rings (SSSR count). The molecule has 2 atom stereocenters. The molecule has 4 heteroatoms. The van der Waals surface area contributed by atoms with Gasteiger partial charge in [0.15, 0.2) is 0 Å². The summed E-state index contributed by atoms with van der Waals surface area (Å²) >= 11 is 0. The number of amides is 1. The normalized spacial score (nSPS) is 21.5. The maximum absolute atomic E-state index is 12.1. The molecule has 4 nitrogen and oxygen atoms in total. The predicted molar refractivity (Wildman–Crippen MR) is 63.8 cm³/mol. The Kier molecular flexibility index (Phi) is 3.33. The molecule has 0 aromatic heterocycles. The molecule has 1 heterocycles. The molecule has 0 aliphatic carbocycles. The van der Waals surface area contributed by atoms with Gasteiger partial charge in [0, 0.05) is 24.6 Å². The van der Waals surface area contributed by atoms with E-state index in [9.17, 15) is 15.0 Å². The van der Waals surface area contributed by atoms with Crippen molar-refractivity contribution in [1.29, 1.82) is 0 Å². The van der Waals surface area contributed by atoms with Gasteiger partial charge in [0.25, 0.3) is 5.91 Å². The molecule has 1 aromatic carbocycles. The number of phenols is 1. The van der Waals surface area contributed by atoms with Gasteiger partial charge in [-0.15, -0.1) is 0 Å². The summed E-state index contributed by atoms with van der Waals surface area (Å²) in [6.45, 7) is 3.02. The van der Waals surface area contributed by atoms with Gasteiger partial charge < -0.3 is 15.1 Å². The molecule has 0 saturated carbocycles. The molecule has 1 amide bonds. The van der Waals surface area contributed by atoms with Gasteiger partial charge in [0.1, 0.15) is 5.75 Å². The number of carbonyl (C=O) groups is 1. The standard InChI is InChI=1S/C13H17NO3/c1-9(15)11-5-6-14(8-11)13(17)10-3-2-4-12(16)7-10/h2-4,7,9,11,15-16H,5-6,8H2,1H3. The van der Waals surface area contributed by atoms with E-state index in [1.54, 1.807) is 30.0 Å². The van der Waals surface area contributed by atoms with E-state index in [-0.39, 0.29) is 23.7 Å². The molecular weight excluding hydrogens is 218 g/mol. The minimum atomic E-state index is -0.378. The number of likely N-dealkylation sites (tertiary alicyclic amines) is 1. The fraction of sp³-hybridized carbons (Fsp3) is 0.462. The Bertz CT molecular complexity index is 417. The van der Waals surface area contributed by atoms with Crippen LogP contribution >= 0.6 is 0 Å². The third-order valence-electron chi connectivity index (χ3n) is 3.29.